The number of aryl methyl sites for hydroxylation is 1. The number of aromatic amines is 1. The van der Waals surface area contributed by atoms with Crippen LogP contribution in [0.2, 0.25) is 0 Å². The molecule has 4 aromatic rings. The molecule has 2 aromatic heterocycles. The second-order valence-electron chi connectivity index (χ2n) is 7.49. The number of aliphatic hydroxyl groups is 1. The molecule has 2 N–H and O–H groups in total. The lowest BCUT2D eigenvalue weighted by atomic mass is 9.95. The van der Waals surface area contributed by atoms with Crippen molar-refractivity contribution in [3.63, 3.8) is 0 Å². The number of aliphatic hydroxyl groups excluding tert-OH is 1. The lowest BCUT2D eigenvalue weighted by molar-refractivity contribution is -0.132. The van der Waals surface area contributed by atoms with Gasteiger partial charge in [0.1, 0.15) is 5.76 Å². The van der Waals surface area contributed by atoms with Crippen LogP contribution < -0.4 is 4.90 Å². The van der Waals surface area contributed by atoms with Crippen LogP contribution in [0.15, 0.2) is 77.0 Å². The minimum Gasteiger partial charge on any atom is -0.507 e. The molecular weight excluding hydrogens is 472 g/mol. The summed E-state index contributed by atoms with van der Waals surface area (Å²) >= 11 is 3.44. The zero-order chi connectivity index (χ0) is 22.4. The molecule has 7 nitrogen and oxygen atoms in total. The molecule has 0 saturated carbocycles. The van der Waals surface area contributed by atoms with Crippen molar-refractivity contribution < 1.29 is 14.7 Å². The van der Waals surface area contributed by atoms with Crippen LogP contribution in [0, 0.1) is 6.92 Å². The van der Waals surface area contributed by atoms with Gasteiger partial charge in [0.05, 0.1) is 22.6 Å². The van der Waals surface area contributed by atoms with Gasteiger partial charge in [0, 0.05) is 22.4 Å². The summed E-state index contributed by atoms with van der Waals surface area (Å²) in [5, 5.41) is 11.2. The highest BCUT2D eigenvalue weighted by molar-refractivity contribution is 9.10. The fourth-order valence-corrected chi connectivity index (χ4v) is 4.16. The van der Waals surface area contributed by atoms with E-state index in [-0.39, 0.29) is 17.3 Å². The number of pyridine rings is 1. The minimum atomic E-state index is -0.859. The van der Waals surface area contributed by atoms with E-state index in [2.05, 4.69) is 30.9 Å². The molecular formula is C24H17BrN4O3. The number of carbonyl (C=O) groups is 2. The fraction of sp³-hybridized carbons (Fsp3) is 0.0833. The molecule has 0 aliphatic carbocycles. The van der Waals surface area contributed by atoms with Crippen LogP contribution in [-0.2, 0) is 9.59 Å². The molecule has 1 atom stereocenters. The Hall–Kier alpha value is -3.78. The van der Waals surface area contributed by atoms with Crippen molar-refractivity contribution in [1.29, 1.82) is 0 Å². The van der Waals surface area contributed by atoms with E-state index >= 15 is 0 Å². The third-order valence-corrected chi connectivity index (χ3v) is 6.39. The number of carbonyl (C=O) groups excluding carboxylic acids is 2. The predicted molar refractivity (Wildman–Crippen MR) is 124 cm³/mol. The van der Waals surface area contributed by atoms with E-state index in [9.17, 15) is 14.7 Å². The van der Waals surface area contributed by atoms with Gasteiger partial charge in [-0.15, -0.1) is 0 Å². The van der Waals surface area contributed by atoms with E-state index in [1.807, 2.05) is 31.2 Å². The Kier molecular flexibility index (Phi) is 4.86. The second-order valence-corrected chi connectivity index (χ2v) is 8.35. The molecule has 1 fully saturated rings. The quantitative estimate of drug-likeness (QED) is 0.248. The number of hydrogen-bond donors (Lipinski definition) is 2. The van der Waals surface area contributed by atoms with Crippen LogP contribution in [0.1, 0.15) is 22.7 Å². The Morgan fingerprint density at radius 1 is 1.09 bits per heavy atom. The van der Waals surface area contributed by atoms with Crippen LogP contribution in [0.25, 0.3) is 16.8 Å². The standard InChI is InChI=1S/C24H17BrN4O3/c1-13-12-15(6-7-16(13)25)21(30)19-20(14-8-10-26-11-9-14)29(23(32)22(19)31)24-27-17-4-2-3-5-18(17)28-24/h2-12,20,30H,1H3,(H,27,28)/b21-19+. The first-order chi connectivity index (χ1) is 15.5. The Morgan fingerprint density at radius 3 is 2.56 bits per heavy atom. The van der Waals surface area contributed by atoms with E-state index in [0.717, 1.165) is 15.6 Å². The fourth-order valence-electron chi connectivity index (χ4n) is 3.91. The van der Waals surface area contributed by atoms with E-state index in [1.54, 1.807) is 42.7 Å². The number of para-hydroxylation sites is 2. The molecule has 0 spiro atoms. The highest BCUT2D eigenvalue weighted by Crippen LogP contribution is 2.41. The molecule has 2 aromatic carbocycles. The molecule has 32 heavy (non-hydrogen) atoms. The summed E-state index contributed by atoms with van der Waals surface area (Å²) in [6, 6.07) is 15.2. The number of nitrogens with zero attached hydrogens (tertiary/aromatic N) is 3. The number of ketones is 1. The summed E-state index contributed by atoms with van der Waals surface area (Å²) in [5.41, 5.74) is 3.38. The van der Waals surface area contributed by atoms with Crippen molar-refractivity contribution in [2.45, 2.75) is 13.0 Å². The maximum absolute atomic E-state index is 13.2. The Bertz CT molecular complexity index is 1380. The highest BCUT2D eigenvalue weighted by Gasteiger charge is 2.48. The van der Waals surface area contributed by atoms with Gasteiger partial charge in [0.15, 0.2) is 0 Å². The first kappa shape index (κ1) is 20.1. The van der Waals surface area contributed by atoms with Crippen molar-refractivity contribution >= 4 is 50.4 Å². The molecule has 5 rings (SSSR count). The summed E-state index contributed by atoms with van der Waals surface area (Å²) in [7, 11) is 0. The molecule has 1 saturated heterocycles. The van der Waals surface area contributed by atoms with Gasteiger partial charge in [-0.2, -0.15) is 0 Å². The monoisotopic (exact) mass is 488 g/mol. The van der Waals surface area contributed by atoms with Gasteiger partial charge in [-0.05, 0) is 54.4 Å². The van der Waals surface area contributed by atoms with Crippen molar-refractivity contribution in [2.24, 2.45) is 0 Å². The second kappa shape index (κ2) is 7.72. The number of rotatable bonds is 3. The number of hydrogen-bond acceptors (Lipinski definition) is 5. The number of amides is 1. The average Bonchev–Trinajstić information content (AvgIpc) is 3.34. The van der Waals surface area contributed by atoms with Gasteiger partial charge in [-0.25, -0.2) is 4.98 Å². The number of Topliss-reactive ketones (excluding diaryl/α,β-unsaturated/α-hetero) is 1. The number of benzene rings is 2. The summed E-state index contributed by atoms with van der Waals surface area (Å²) < 4.78 is 0.877. The zero-order valence-corrected chi connectivity index (χ0v) is 18.5. The minimum absolute atomic E-state index is 0.00313. The normalized spacial score (nSPS) is 17.9. The van der Waals surface area contributed by atoms with E-state index in [0.29, 0.717) is 16.6 Å². The lowest BCUT2D eigenvalue weighted by Crippen LogP contribution is -2.30. The molecule has 158 valence electrons. The molecule has 0 bridgehead atoms. The zero-order valence-electron chi connectivity index (χ0n) is 16.9. The Morgan fingerprint density at radius 2 is 1.84 bits per heavy atom. The number of H-pyrrole nitrogens is 1. The maximum atomic E-state index is 13.2. The molecule has 1 aliphatic heterocycles. The first-order valence-corrected chi connectivity index (χ1v) is 10.7. The molecule has 3 heterocycles. The number of halogens is 1. The smallest absolute Gasteiger partial charge is 0.302 e. The van der Waals surface area contributed by atoms with Gasteiger partial charge >= 0.3 is 5.91 Å². The lowest BCUT2D eigenvalue weighted by Gasteiger charge is -2.22. The number of anilines is 1. The maximum Gasteiger partial charge on any atom is 0.302 e. The van der Waals surface area contributed by atoms with Gasteiger partial charge in [0.25, 0.3) is 5.78 Å². The van der Waals surface area contributed by atoms with Gasteiger partial charge in [0.2, 0.25) is 5.95 Å². The van der Waals surface area contributed by atoms with Gasteiger partial charge < -0.3 is 10.1 Å². The molecule has 1 amide bonds. The van der Waals surface area contributed by atoms with E-state index < -0.39 is 17.7 Å². The SMILES string of the molecule is Cc1cc(/C(O)=C2\C(=O)C(=O)N(c3nc4ccccc4[nH]3)C2c2ccncc2)ccc1Br. The largest absolute Gasteiger partial charge is 0.507 e. The summed E-state index contributed by atoms with van der Waals surface area (Å²) in [4.78, 5) is 39.3. The van der Waals surface area contributed by atoms with Crippen LogP contribution in [0.4, 0.5) is 5.95 Å². The predicted octanol–water partition coefficient (Wildman–Crippen LogP) is 4.66. The first-order valence-electron chi connectivity index (χ1n) is 9.88. The van der Waals surface area contributed by atoms with Crippen molar-refractivity contribution in [2.75, 3.05) is 4.90 Å². The van der Waals surface area contributed by atoms with Crippen molar-refractivity contribution in [3.05, 3.63) is 93.7 Å². The van der Waals surface area contributed by atoms with Crippen LogP contribution in [0.5, 0.6) is 0 Å². The van der Waals surface area contributed by atoms with Crippen LogP contribution in [-0.4, -0.2) is 31.7 Å². The number of aromatic nitrogens is 3. The van der Waals surface area contributed by atoms with E-state index in [4.69, 9.17) is 0 Å². The molecule has 1 aliphatic rings. The Balaban J connectivity index is 1.73. The summed E-state index contributed by atoms with van der Waals surface area (Å²) in [5.74, 6) is -1.54. The molecule has 8 heteroatoms. The number of nitrogens with one attached hydrogen (secondary N) is 1. The topological polar surface area (TPSA) is 99.2 Å². The average molecular weight is 489 g/mol. The van der Waals surface area contributed by atoms with Crippen LogP contribution in [0.3, 0.4) is 0 Å². The highest BCUT2D eigenvalue weighted by atomic mass is 79.9. The van der Waals surface area contributed by atoms with E-state index in [1.165, 1.54) is 4.90 Å². The molecule has 1 unspecified atom stereocenters. The Labute approximate surface area is 191 Å². The van der Waals surface area contributed by atoms with Crippen molar-refractivity contribution in [1.82, 2.24) is 15.0 Å². The van der Waals surface area contributed by atoms with Gasteiger partial charge in [-0.3, -0.25) is 19.5 Å². The van der Waals surface area contributed by atoms with Crippen LogP contribution >= 0.6 is 15.9 Å². The summed E-state index contributed by atoms with van der Waals surface area (Å²) in [6.45, 7) is 1.88. The number of fused-ring (bicyclic) bond motifs is 1. The number of imidazole rings is 1. The molecule has 0 radical (unpaired) electrons. The summed E-state index contributed by atoms with van der Waals surface area (Å²) in [6.07, 6.45) is 3.16. The third kappa shape index (κ3) is 3.20. The van der Waals surface area contributed by atoms with Gasteiger partial charge in [-0.1, -0.05) is 34.1 Å². The van der Waals surface area contributed by atoms with Crippen molar-refractivity contribution in [3.8, 4) is 0 Å². The third-order valence-electron chi connectivity index (χ3n) is 5.50.